The molecular formula is C3H6I2O. The molecule has 1 nitrogen and oxygen atoms in total. The van der Waals surface area contributed by atoms with E-state index in [0.29, 0.717) is 10.5 Å². The molecule has 0 rings (SSSR count). The van der Waals surface area contributed by atoms with Crippen LogP contribution in [0.4, 0.5) is 0 Å². The molecule has 0 saturated heterocycles. The Labute approximate surface area is 64.8 Å². The first-order chi connectivity index (χ1) is 2.81. The second-order valence-corrected chi connectivity index (χ2v) is 3.58. The topological polar surface area (TPSA) is 20.2 Å². The van der Waals surface area contributed by atoms with Crippen LogP contribution in [0.3, 0.4) is 0 Å². The molecule has 0 aromatic carbocycles. The molecule has 1 unspecified atom stereocenters. The quantitative estimate of drug-likeness (QED) is 0.600. The SMILES string of the molecule is OCC(I)CI. The smallest absolute Gasteiger partial charge is 0.0556 e. The molecule has 0 saturated carbocycles. The summed E-state index contributed by atoms with van der Waals surface area (Å²) in [4.78, 5) is 0. The van der Waals surface area contributed by atoms with Crippen molar-refractivity contribution in [3.05, 3.63) is 0 Å². The van der Waals surface area contributed by atoms with E-state index in [1.807, 2.05) is 0 Å². The molecule has 0 bridgehead atoms. The number of hydrogen-bond acceptors (Lipinski definition) is 1. The van der Waals surface area contributed by atoms with E-state index < -0.39 is 0 Å². The van der Waals surface area contributed by atoms with Crippen LogP contribution in [0.2, 0.25) is 0 Å². The molecule has 6 heavy (non-hydrogen) atoms. The maximum absolute atomic E-state index is 8.32. The van der Waals surface area contributed by atoms with Crippen LogP contribution < -0.4 is 0 Å². The summed E-state index contributed by atoms with van der Waals surface area (Å²) < 4.78 is 1.48. The van der Waals surface area contributed by atoms with Gasteiger partial charge >= 0.3 is 0 Å². The molecular weight excluding hydrogens is 306 g/mol. The second kappa shape index (κ2) is 4.58. The summed E-state index contributed by atoms with van der Waals surface area (Å²) in [6.07, 6.45) is 0. The highest BCUT2D eigenvalue weighted by molar-refractivity contribution is 14.1. The van der Waals surface area contributed by atoms with Crippen molar-refractivity contribution >= 4 is 45.2 Å². The van der Waals surface area contributed by atoms with Gasteiger partial charge in [-0.1, -0.05) is 45.2 Å². The largest absolute Gasteiger partial charge is 0.395 e. The van der Waals surface area contributed by atoms with Crippen LogP contribution in [0.1, 0.15) is 0 Å². The zero-order valence-corrected chi connectivity index (χ0v) is 7.51. The molecule has 0 aliphatic heterocycles. The maximum atomic E-state index is 8.32. The van der Waals surface area contributed by atoms with Gasteiger partial charge in [0.15, 0.2) is 0 Å². The lowest BCUT2D eigenvalue weighted by atomic mass is 10.5. The van der Waals surface area contributed by atoms with E-state index in [4.69, 9.17) is 5.11 Å². The van der Waals surface area contributed by atoms with Crippen molar-refractivity contribution in [2.45, 2.75) is 3.92 Å². The standard InChI is InChI=1S/C3H6I2O/c4-1-3(5)2-6/h3,6H,1-2H2. The predicted molar refractivity (Wildman–Crippen MR) is 43.8 cm³/mol. The van der Waals surface area contributed by atoms with Gasteiger partial charge in [-0.25, -0.2) is 0 Å². The van der Waals surface area contributed by atoms with Crippen LogP contribution in [-0.2, 0) is 0 Å². The lowest BCUT2D eigenvalue weighted by Gasteiger charge is -1.94. The Kier molecular flexibility index (Phi) is 5.66. The third-order valence-corrected chi connectivity index (χ3v) is 3.95. The zero-order valence-electron chi connectivity index (χ0n) is 3.19. The molecule has 0 aliphatic carbocycles. The van der Waals surface area contributed by atoms with Gasteiger partial charge in [-0.3, -0.25) is 0 Å². The van der Waals surface area contributed by atoms with Crippen LogP contribution in [-0.4, -0.2) is 20.1 Å². The highest BCUT2D eigenvalue weighted by atomic mass is 127. The summed E-state index contributed by atoms with van der Waals surface area (Å²) in [5, 5.41) is 8.32. The van der Waals surface area contributed by atoms with E-state index in [2.05, 4.69) is 45.2 Å². The van der Waals surface area contributed by atoms with Gasteiger partial charge in [-0.05, 0) is 0 Å². The maximum Gasteiger partial charge on any atom is 0.0556 e. The molecule has 0 aromatic heterocycles. The number of alkyl halides is 2. The van der Waals surface area contributed by atoms with Crippen molar-refractivity contribution in [3.63, 3.8) is 0 Å². The Morgan fingerprint density at radius 2 is 2.17 bits per heavy atom. The van der Waals surface area contributed by atoms with Crippen molar-refractivity contribution in [3.8, 4) is 0 Å². The summed E-state index contributed by atoms with van der Waals surface area (Å²) in [6, 6.07) is 0. The van der Waals surface area contributed by atoms with E-state index in [-0.39, 0.29) is 0 Å². The number of rotatable bonds is 2. The van der Waals surface area contributed by atoms with Gasteiger partial charge in [0.1, 0.15) is 0 Å². The van der Waals surface area contributed by atoms with Crippen molar-refractivity contribution in [1.29, 1.82) is 0 Å². The lowest BCUT2D eigenvalue weighted by Crippen LogP contribution is -2.03. The minimum atomic E-state index is 0.309. The van der Waals surface area contributed by atoms with E-state index in [1.165, 1.54) is 0 Å². The van der Waals surface area contributed by atoms with Crippen LogP contribution in [0.5, 0.6) is 0 Å². The average Bonchev–Trinajstić information content (AvgIpc) is 1.65. The van der Waals surface area contributed by atoms with Crippen LogP contribution >= 0.6 is 45.2 Å². The first kappa shape index (κ1) is 7.42. The molecule has 0 aromatic rings. The van der Waals surface area contributed by atoms with Gasteiger partial charge in [-0.15, -0.1) is 0 Å². The van der Waals surface area contributed by atoms with Crippen molar-refractivity contribution in [2.24, 2.45) is 0 Å². The van der Waals surface area contributed by atoms with Crippen molar-refractivity contribution < 1.29 is 5.11 Å². The molecule has 1 N–H and O–H groups in total. The number of hydrogen-bond donors (Lipinski definition) is 1. The van der Waals surface area contributed by atoms with Gasteiger partial charge in [0.25, 0.3) is 0 Å². The Hall–Kier alpha value is 1.42. The fourth-order valence-electron chi connectivity index (χ4n) is 0.0488. The summed E-state index contributed by atoms with van der Waals surface area (Å²) >= 11 is 4.46. The zero-order chi connectivity index (χ0) is 4.99. The van der Waals surface area contributed by atoms with E-state index >= 15 is 0 Å². The predicted octanol–water partition coefficient (Wildman–Crippen LogP) is 1.22. The van der Waals surface area contributed by atoms with Crippen LogP contribution in [0, 0.1) is 0 Å². The summed E-state index contributed by atoms with van der Waals surface area (Å²) in [5.41, 5.74) is 0. The highest BCUT2D eigenvalue weighted by Gasteiger charge is 1.94. The fourth-order valence-corrected chi connectivity index (χ4v) is 0.327. The van der Waals surface area contributed by atoms with Gasteiger partial charge in [0, 0.05) is 8.35 Å². The monoisotopic (exact) mass is 312 g/mol. The van der Waals surface area contributed by atoms with Gasteiger partial charge in [-0.2, -0.15) is 0 Å². The second-order valence-electron chi connectivity index (χ2n) is 0.934. The van der Waals surface area contributed by atoms with Gasteiger partial charge in [0.2, 0.25) is 0 Å². The third kappa shape index (κ3) is 3.60. The summed E-state index contributed by atoms with van der Waals surface area (Å²) in [6.45, 7) is 0.309. The first-order valence-electron chi connectivity index (χ1n) is 1.62. The van der Waals surface area contributed by atoms with Gasteiger partial charge in [0.05, 0.1) is 6.61 Å². The minimum absolute atomic E-state index is 0.309. The number of aliphatic hydroxyl groups excluding tert-OH is 1. The van der Waals surface area contributed by atoms with Crippen molar-refractivity contribution in [2.75, 3.05) is 11.0 Å². The average molecular weight is 312 g/mol. The molecule has 0 fully saturated rings. The van der Waals surface area contributed by atoms with E-state index in [0.717, 1.165) is 4.43 Å². The Morgan fingerprint density at radius 1 is 1.67 bits per heavy atom. The first-order valence-corrected chi connectivity index (χ1v) is 4.39. The molecule has 3 heteroatoms. The molecule has 0 radical (unpaired) electrons. The normalized spacial score (nSPS) is 14.5. The molecule has 38 valence electrons. The lowest BCUT2D eigenvalue weighted by molar-refractivity contribution is 0.306. The molecule has 0 heterocycles. The van der Waals surface area contributed by atoms with Crippen molar-refractivity contribution in [1.82, 2.24) is 0 Å². The Balaban J connectivity index is 2.75. The summed E-state index contributed by atoms with van der Waals surface area (Å²) in [7, 11) is 0. The Bertz CT molecular complexity index is 28.0. The minimum Gasteiger partial charge on any atom is -0.395 e. The molecule has 0 amide bonds. The molecule has 0 aliphatic rings. The Morgan fingerprint density at radius 3 is 2.17 bits per heavy atom. The summed E-state index contributed by atoms with van der Waals surface area (Å²) in [5.74, 6) is 0. The van der Waals surface area contributed by atoms with Gasteiger partial charge < -0.3 is 5.11 Å². The molecule has 0 spiro atoms. The number of halogens is 2. The molecule has 1 atom stereocenters. The van der Waals surface area contributed by atoms with Crippen LogP contribution in [0.15, 0.2) is 0 Å². The fraction of sp³-hybridized carbons (Fsp3) is 1.00. The third-order valence-electron chi connectivity index (χ3n) is 0.366. The number of aliphatic hydroxyl groups is 1. The van der Waals surface area contributed by atoms with Crippen LogP contribution in [0.25, 0.3) is 0 Å². The van der Waals surface area contributed by atoms with E-state index in [1.54, 1.807) is 0 Å². The highest BCUT2D eigenvalue weighted by Crippen LogP contribution is 2.01. The van der Waals surface area contributed by atoms with E-state index in [9.17, 15) is 0 Å².